The van der Waals surface area contributed by atoms with Gasteiger partial charge in [0, 0.05) is 13.0 Å². The van der Waals surface area contributed by atoms with Crippen LogP contribution in [-0.2, 0) is 11.3 Å². The van der Waals surface area contributed by atoms with Crippen LogP contribution in [0.15, 0.2) is 11.0 Å². The van der Waals surface area contributed by atoms with Crippen molar-refractivity contribution >= 4 is 23.2 Å². The first-order chi connectivity index (χ1) is 8.06. The summed E-state index contributed by atoms with van der Waals surface area (Å²) in [7, 11) is 0. The van der Waals surface area contributed by atoms with Gasteiger partial charge in [0.2, 0.25) is 5.91 Å². The fourth-order valence-corrected chi connectivity index (χ4v) is 1.38. The van der Waals surface area contributed by atoms with Crippen molar-refractivity contribution in [3.63, 3.8) is 0 Å². The van der Waals surface area contributed by atoms with Gasteiger partial charge >= 0.3 is 0 Å². The van der Waals surface area contributed by atoms with Gasteiger partial charge in [-0.2, -0.15) is 5.10 Å². The monoisotopic (exact) mass is 260 g/mol. The van der Waals surface area contributed by atoms with Crippen LogP contribution in [0.1, 0.15) is 6.42 Å². The van der Waals surface area contributed by atoms with Gasteiger partial charge in [-0.15, -0.1) is 0 Å². The molecule has 1 aromatic rings. The number of anilines is 1. The third-order valence-electron chi connectivity index (χ3n) is 1.98. The highest BCUT2D eigenvalue weighted by Crippen LogP contribution is 2.14. The van der Waals surface area contributed by atoms with Gasteiger partial charge < -0.3 is 16.2 Å². The van der Waals surface area contributed by atoms with Crippen LogP contribution in [0.5, 0.6) is 0 Å². The van der Waals surface area contributed by atoms with Crippen molar-refractivity contribution in [2.45, 2.75) is 13.0 Å². The molecule has 0 unspecified atom stereocenters. The molecule has 17 heavy (non-hydrogen) atoms. The van der Waals surface area contributed by atoms with Gasteiger partial charge in [-0.1, -0.05) is 11.6 Å². The molecule has 1 amide bonds. The molecule has 0 aliphatic heterocycles. The Kier molecular flexibility index (Phi) is 4.92. The van der Waals surface area contributed by atoms with E-state index in [0.29, 0.717) is 5.69 Å². The molecule has 1 aromatic heterocycles. The molecule has 0 aliphatic rings. The molecule has 7 nitrogen and oxygen atoms in total. The van der Waals surface area contributed by atoms with E-state index in [4.69, 9.17) is 22.4 Å². The Morgan fingerprint density at radius 3 is 2.94 bits per heavy atom. The number of rotatable bonds is 6. The maximum absolute atomic E-state index is 11.6. The Labute approximate surface area is 102 Å². The van der Waals surface area contributed by atoms with Crippen LogP contribution >= 0.6 is 11.6 Å². The minimum Gasteiger partial charge on any atom is -0.394 e. The number of aromatic nitrogens is 2. The average molecular weight is 261 g/mol. The number of aliphatic hydroxyl groups is 1. The number of carbonyl (C=O) groups excluding carboxylic acids is 1. The predicted molar refractivity (Wildman–Crippen MR) is 62.9 cm³/mol. The lowest BCUT2D eigenvalue weighted by molar-refractivity contribution is -0.117. The SMILES string of the molecule is NC(=O)CCNc1cnn(CCO)c(=O)c1Cl. The zero-order chi connectivity index (χ0) is 12.8. The van der Waals surface area contributed by atoms with Gasteiger partial charge in [0.15, 0.2) is 0 Å². The first-order valence-electron chi connectivity index (χ1n) is 4.95. The topological polar surface area (TPSA) is 110 Å². The minimum atomic E-state index is -0.496. The molecule has 1 rings (SSSR count). The minimum absolute atomic E-state index is 0.0297. The summed E-state index contributed by atoms with van der Waals surface area (Å²) in [5.41, 5.74) is 4.81. The van der Waals surface area contributed by atoms with Crippen LogP contribution in [0.3, 0.4) is 0 Å². The summed E-state index contributed by atoms with van der Waals surface area (Å²) >= 11 is 5.82. The van der Waals surface area contributed by atoms with Gasteiger partial charge in [0.05, 0.1) is 25.0 Å². The highest BCUT2D eigenvalue weighted by atomic mass is 35.5. The molecular formula is C9H13ClN4O3. The summed E-state index contributed by atoms with van der Waals surface area (Å²) in [5.74, 6) is -0.449. The van der Waals surface area contributed by atoms with Gasteiger partial charge in [-0.05, 0) is 0 Å². The molecule has 0 aromatic carbocycles. The zero-order valence-electron chi connectivity index (χ0n) is 9.02. The van der Waals surface area contributed by atoms with E-state index in [2.05, 4.69) is 10.4 Å². The standard InChI is InChI=1S/C9H13ClN4O3/c10-8-6(12-2-1-7(11)16)5-13-14(3-4-15)9(8)17/h5,12,15H,1-4H2,(H2,11,16). The maximum atomic E-state index is 11.6. The lowest BCUT2D eigenvalue weighted by atomic mass is 10.4. The Balaban J connectivity index is 2.78. The average Bonchev–Trinajstić information content (AvgIpc) is 2.28. The van der Waals surface area contributed by atoms with Gasteiger partial charge in [0.25, 0.3) is 5.56 Å². The Bertz CT molecular complexity index is 460. The third kappa shape index (κ3) is 3.72. The van der Waals surface area contributed by atoms with Gasteiger partial charge in [-0.25, -0.2) is 4.68 Å². The van der Waals surface area contributed by atoms with Crippen LogP contribution in [0.25, 0.3) is 0 Å². The predicted octanol–water partition coefficient (Wildman–Crippen LogP) is -0.824. The number of nitrogens with two attached hydrogens (primary N) is 1. The van der Waals surface area contributed by atoms with E-state index in [1.807, 2.05) is 0 Å². The lowest BCUT2D eigenvalue weighted by Crippen LogP contribution is -2.26. The van der Waals surface area contributed by atoms with Crippen molar-refractivity contribution in [3.05, 3.63) is 21.6 Å². The number of carbonyl (C=O) groups is 1. The largest absolute Gasteiger partial charge is 0.394 e. The van der Waals surface area contributed by atoms with Crippen molar-refractivity contribution in [1.29, 1.82) is 0 Å². The molecule has 1 heterocycles. The first-order valence-corrected chi connectivity index (χ1v) is 5.32. The van der Waals surface area contributed by atoms with Crippen molar-refractivity contribution < 1.29 is 9.90 Å². The van der Waals surface area contributed by atoms with Crippen molar-refractivity contribution in [2.24, 2.45) is 5.73 Å². The zero-order valence-corrected chi connectivity index (χ0v) is 9.78. The summed E-state index contributed by atoms with van der Waals surface area (Å²) < 4.78 is 1.06. The normalized spacial score (nSPS) is 10.2. The molecule has 0 aliphatic carbocycles. The summed E-state index contributed by atoms with van der Waals surface area (Å²) in [4.78, 5) is 22.1. The number of aliphatic hydroxyl groups excluding tert-OH is 1. The van der Waals surface area contributed by atoms with E-state index in [1.165, 1.54) is 6.20 Å². The first kappa shape index (κ1) is 13.5. The van der Waals surface area contributed by atoms with E-state index in [9.17, 15) is 9.59 Å². The van der Waals surface area contributed by atoms with Gasteiger partial charge in [0.1, 0.15) is 5.02 Å². The molecule has 0 saturated heterocycles. The van der Waals surface area contributed by atoms with E-state index < -0.39 is 11.5 Å². The second kappa shape index (κ2) is 6.21. The van der Waals surface area contributed by atoms with Crippen LogP contribution < -0.4 is 16.6 Å². The number of halogens is 1. The molecule has 8 heteroatoms. The lowest BCUT2D eigenvalue weighted by Gasteiger charge is -2.08. The molecule has 0 bridgehead atoms. The molecule has 4 N–H and O–H groups in total. The second-order valence-electron chi connectivity index (χ2n) is 3.27. The highest BCUT2D eigenvalue weighted by molar-refractivity contribution is 6.32. The summed E-state index contributed by atoms with van der Waals surface area (Å²) in [6.07, 6.45) is 1.50. The van der Waals surface area contributed by atoms with E-state index >= 15 is 0 Å². The van der Waals surface area contributed by atoms with E-state index in [-0.39, 0.29) is 31.1 Å². The number of primary amides is 1. The van der Waals surface area contributed by atoms with Crippen LogP contribution in [0, 0.1) is 0 Å². The van der Waals surface area contributed by atoms with Crippen molar-refractivity contribution in [2.75, 3.05) is 18.5 Å². The molecule has 0 radical (unpaired) electrons. The van der Waals surface area contributed by atoms with Crippen molar-refractivity contribution in [1.82, 2.24) is 9.78 Å². The molecule has 0 atom stereocenters. The van der Waals surface area contributed by atoms with Crippen LogP contribution in [0.2, 0.25) is 5.02 Å². The second-order valence-corrected chi connectivity index (χ2v) is 3.65. The van der Waals surface area contributed by atoms with Gasteiger partial charge in [-0.3, -0.25) is 9.59 Å². The number of nitrogens with one attached hydrogen (secondary N) is 1. The number of hydrogen-bond acceptors (Lipinski definition) is 5. The fourth-order valence-electron chi connectivity index (χ4n) is 1.16. The van der Waals surface area contributed by atoms with Crippen molar-refractivity contribution in [3.8, 4) is 0 Å². The summed E-state index contributed by atoms with van der Waals surface area (Å²) in [6.45, 7) is 0.165. The number of hydrogen-bond donors (Lipinski definition) is 3. The summed E-state index contributed by atoms with van der Waals surface area (Å²) in [5, 5.41) is 15.3. The van der Waals surface area contributed by atoms with E-state index in [1.54, 1.807) is 0 Å². The molecule has 0 spiro atoms. The third-order valence-corrected chi connectivity index (χ3v) is 2.35. The molecule has 0 fully saturated rings. The molecule has 0 saturated carbocycles. The van der Waals surface area contributed by atoms with Crippen LogP contribution in [-0.4, -0.2) is 33.9 Å². The number of amides is 1. The summed E-state index contributed by atoms with van der Waals surface area (Å²) in [6, 6.07) is 0. The Hall–Kier alpha value is -1.60. The van der Waals surface area contributed by atoms with E-state index in [0.717, 1.165) is 4.68 Å². The molecular weight excluding hydrogens is 248 g/mol. The smallest absolute Gasteiger partial charge is 0.287 e. The Morgan fingerprint density at radius 2 is 2.35 bits per heavy atom. The number of nitrogens with zero attached hydrogens (tertiary/aromatic N) is 2. The Morgan fingerprint density at radius 1 is 1.65 bits per heavy atom. The maximum Gasteiger partial charge on any atom is 0.287 e. The quantitative estimate of drug-likeness (QED) is 0.619. The molecule has 94 valence electrons. The van der Waals surface area contributed by atoms with Crippen LogP contribution in [0.4, 0.5) is 5.69 Å². The fraction of sp³-hybridized carbons (Fsp3) is 0.444. The highest BCUT2D eigenvalue weighted by Gasteiger charge is 2.08.